The summed E-state index contributed by atoms with van der Waals surface area (Å²) in [6.45, 7) is 9.34. The fourth-order valence-corrected chi connectivity index (χ4v) is 1.41. The van der Waals surface area contributed by atoms with Gasteiger partial charge in [0.05, 0.1) is 0 Å². The van der Waals surface area contributed by atoms with Crippen molar-refractivity contribution in [3.8, 4) is 0 Å². The van der Waals surface area contributed by atoms with E-state index in [0.717, 1.165) is 6.07 Å². The first-order chi connectivity index (χ1) is 7.51. The number of aromatic nitrogens is 1. The van der Waals surface area contributed by atoms with Gasteiger partial charge in [-0.05, 0) is 23.6 Å². The number of nitrogens with zero attached hydrogens (tertiary/aromatic N) is 1. The highest BCUT2D eigenvalue weighted by atomic mass is 19.4. The SMILES string of the molecule is CC(C)c1cc(C(C)(C)C)nc(C(F)(F)F)c1. The van der Waals surface area contributed by atoms with Crippen LogP contribution in [-0.4, -0.2) is 4.98 Å². The molecule has 0 fully saturated rings. The first-order valence-corrected chi connectivity index (χ1v) is 5.61. The Hall–Kier alpha value is -1.06. The molecule has 0 radical (unpaired) electrons. The zero-order chi connectivity index (χ0) is 13.4. The van der Waals surface area contributed by atoms with Crippen molar-refractivity contribution in [1.82, 2.24) is 4.98 Å². The standard InChI is InChI=1S/C13H18F3N/c1-8(2)9-6-10(12(3,4)5)17-11(7-9)13(14,15)16/h6-8H,1-5H3. The summed E-state index contributed by atoms with van der Waals surface area (Å²) in [7, 11) is 0. The van der Waals surface area contributed by atoms with E-state index in [0.29, 0.717) is 11.3 Å². The van der Waals surface area contributed by atoms with Gasteiger partial charge in [-0.2, -0.15) is 13.2 Å². The Bertz CT molecular complexity index is 368. The Morgan fingerprint density at radius 1 is 1.00 bits per heavy atom. The van der Waals surface area contributed by atoms with Crippen LogP contribution in [0.25, 0.3) is 0 Å². The zero-order valence-corrected chi connectivity index (χ0v) is 10.8. The lowest BCUT2D eigenvalue weighted by atomic mass is 9.89. The Labute approximate surface area is 100 Å². The molecule has 1 rings (SSSR count). The summed E-state index contributed by atoms with van der Waals surface area (Å²) in [6.07, 6.45) is -4.38. The van der Waals surface area contributed by atoms with Gasteiger partial charge in [0.2, 0.25) is 0 Å². The minimum atomic E-state index is -4.38. The monoisotopic (exact) mass is 245 g/mol. The van der Waals surface area contributed by atoms with Crippen molar-refractivity contribution < 1.29 is 13.2 Å². The Morgan fingerprint density at radius 3 is 1.82 bits per heavy atom. The molecule has 0 aliphatic carbocycles. The van der Waals surface area contributed by atoms with Crippen LogP contribution < -0.4 is 0 Å². The topological polar surface area (TPSA) is 12.9 Å². The van der Waals surface area contributed by atoms with E-state index in [9.17, 15) is 13.2 Å². The smallest absolute Gasteiger partial charge is 0.248 e. The van der Waals surface area contributed by atoms with Crippen molar-refractivity contribution >= 4 is 0 Å². The van der Waals surface area contributed by atoms with Crippen LogP contribution >= 0.6 is 0 Å². The molecular weight excluding hydrogens is 227 g/mol. The number of hydrogen-bond donors (Lipinski definition) is 0. The summed E-state index contributed by atoms with van der Waals surface area (Å²) in [5, 5.41) is 0. The van der Waals surface area contributed by atoms with Crippen LogP contribution in [-0.2, 0) is 11.6 Å². The van der Waals surface area contributed by atoms with Gasteiger partial charge in [-0.15, -0.1) is 0 Å². The molecule has 0 unspecified atom stereocenters. The first kappa shape index (κ1) is 14.0. The van der Waals surface area contributed by atoms with Crippen LogP contribution in [0.15, 0.2) is 12.1 Å². The van der Waals surface area contributed by atoms with E-state index in [1.807, 2.05) is 34.6 Å². The third-order valence-corrected chi connectivity index (χ3v) is 2.57. The lowest BCUT2D eigenvalue weighted by Gasteiger charge is -2.21. The van der Waals surface area contributed by atoms with Gasteiger partial charge >= 0.3 is 6.18 Å². The number of alkyl halides is 3. The summed E-state index contributed by atoms with van der Waals surface area (Å²) in [6, 6.07) is 2.90. The third-order valence-electron chi connectivity index (χ3n) is 2.57. The maximum absolute atomic E-state index is 12.7. The fourth-order valence-electron chi connectivity index (χ4n) is 1.41. The molecular formula is C13H18F3N. The van der Waals surface area contributed by atoms with Crippen LogP contribution in [0.3, 0.4) is 0 Å². The van der Waals surface area contributed by atoms with E-state index in [2.05, 4.69) is 4.98 Å². The third kappa shape index (κ3) is 3.45. The molecule has 96 valence electrons. The molecule has 0 spiro atoms. The highest BCUT2D eigenvalue weighted by molar-refractivity contribution is 5.28. The van der Waals surface area contributed by atoms with Crippen LogP contribution in [0.5, 0.6) is 0 Å². The van der Waals surface area contributed by atoms with Gasteiger partial charge in [-0.25, -0.2) is 4.98 Å². The van der Waals surface area contributed by atoms with E-state index < -0.39 is 11.9 Å². The van der Waals surface area contributed by atoms with Gasteiger partial charge < -0.3 is 0 Å². The summed E-state index contributed by atoms with van der Waals surface area (Å²) in [4.78, 5) is 3.73. The van der Waals surface area contributed by atoms with Crippen molar-refractivity contribution in [2.24, 2.45) is 0 Å². The van der Waals surface area contributed by atoms with Crippen molar-refractivity contribution in [1.29, 1.82) is 0 Å². The average molecular weight is 245 g/mol. The highest BCUT2D eigenvalue weighted by Crippen LogP contribution is 2.32. The predicted molar refractivity (Wildman–Crippen MR) is 62.0 cm³/mol. The van der Waals surface area contributed by atoms with Crippen LogP contribution in [0.1, 0.15) is 57.5 Å². The predicted octanol–water partition coefficient (Wildman–Crippen LogP) is 4.52. The molecule has 0 amide bonds. The van der Waals surface area contributed by atoms with Gasteiger partial charge in [-0.1, -0.05) is 34.6 Å². The number of pyridine rings is 1. The number of hydrogen-bond acceptors (Lipinski definition) is 1. The van der Waals surface area contributed by atoms with Crippen LogP contribution in [0.4, 0.5) is 13.2 Å². The lowest BCUT2D eigenvalue weighted by Crippen LogP contribution is -2.18. The number of halogens is 3. The molecule has 17 heavy (non-hydrogen) atoms. The van der Waals surface area contributed by atoms with Gasteiger partial charge in [-0.3, -0.25) is 0 Å². The quantitative estimate of drug-likeness (QED) is 0.708. The minimum Gasteiger partial charge on any atom is -0.248 e. The van der Waals surface area contributed by atoms with Gasteiger partial charge in [0.15, 0.2) is 0 Å². The maximum atomic E-state index is 12.7. The van der Waals surface area contributed by atoms with Crippen LogP contribution in [0.2, 0.25) is 0 Å². The highest BCUT2D eigenvalue weighted by Gasteiger charge is 2.34. The average Bonchev–Trinajstić information content (AvgIpc) is 2.14. The first-order valence-electron chi connectivity index (χ1n) is 5.61. The minimum absolute atomic E-state index is 0.0557. The largest absolute Gasteiger partial charge is 0.433 e. The normalized spacial score (nSPS) is 13.2. The van der Waals surface area contributed by atoms with Gasteiger partial charge in [0, 0.05) is 11.1 Å². The van der Waals surface area contributed by atoms with E-state index in [4.69, 9.17) is 0 Å². The van der Waals surface area contributed by atoms with E-state index >= 15 is 0 Å². The molecule has 0 atom stereocenters. The molecule has 1 nitrogen and oxygen atoms in total. The molecule has 0 saturated heterocycles. The Kier molecular flexibility index (Phi) is 3.55. The molecule has 1 aromatic heterocycles. The van der Waals surface area contributed by atoms with Gasteiger partial charge in [0.25, 0.3) is 0 Å². The second-order valence-electron chi connectivity index (χ2n) is 5.57. The summed E-state index contributed by atoms with van der Waals surface area (Å²) < 4.78 is 38.2. The molecule has 0 bridgehead atoms. The fraction of sp³-hybridized carbons (Fsp3) is 0.615. The van der Waals surface area contributed by atoms with Crippen molar-refractivity contribution in [3.05, 3.63) is 29.1 Å². The molecule has 0 saturated carbocycles. The van der Waals surface area contributed by atoms with Crippen LogP contribution in [0, 0.1) is 0 Å². The van der Waals surface area contributed by atoms with E-state index in [1.165, 1.54) is 0 Å². The lowest BCUT2D eigenvalue weighted by molar-refractivity contribution is -0.141. The molecule has 0 N–H and O–H groups in total. The second kappa shape index (κ2) is 4.31. The maximum Gasteiger partial charge on any atom is 0.433 e. The van der Waals surface area contributed by atoms with E-state index in [1.54, 1.807) is 6.07 Å². The molecule has 0 aliphatic heterocycles. The molecule has 1 heterocycles. The van der Waals surface area contributed by atoms with Crippen molar-refractivity contribution in [3.63, 3.8) is 0 Å². The zero-order valence-electron chi connectivity index (χ0n) is 10.8. The van der Waals surface area contributed by atoms with Gasteiger partial charge in [0.1, 0.15) is 5.69 Å². The summed E-state index contributed by atoms with van der Waals surface area (Å²) in [5.41, 5.74) is -0.0212. The molecule has 4 heteroatoms. The second-order valence-corrected chi connectivity index (χ2v) is 5.57. The molecule has 0 aromatic carbocycles. The molecule has 0 aliphatic rings. The molecule has 1 aromatic rings. The Morgan fingerprint density at radius 2 is 1.47 bits per heavy atom. The van der Waals surface area contributed by atoms with Crippen molar-refractivity contribution in [2.45, 2.75) is 52.1 Å². The number of rotatable bonds is 1. The van der Waals surface area contributed by atoms with Crippen molar-refractivity contribution in [2.75, 3.05) is 0 Å². The summed E-state index contributed by atoms with van der Waals surface area (Å²) in [5.74, 6) is 0.0557. The van der Waals surface area contributed by atoms with E-state index in [-0.39, 0.29) is 11.3 Å². The Balaban J connectivity index is 3.40. The summed E-state index contributed by atoms with van der Waals surface area (Å²) >= 11 is 0.